The molecule has 22 nitrogen and oxygen atoms in total. The van der Waals surface area contributed by atoms with Crippen LogP contribution in [0, 0.1) is 6.92 Å². The fraction of sp³-hybridized carbons (Fsp3) is 0.358. The Balaban J connectivity index is 0.000000129. The summed E-state index contributed by atoms with van der Waals surface area (Å²) in [6, 6.07) is 73.8. The number of amides is 3. The Morgan fingerprint density at radius 3 is 1.73 bits per heavy atom. The molecule has 0 radical (unpaired) electrons. The first-order chi connectivity index (χ1) is 57.1. The number of aryl methyl sites for hydroxylation is 2. The molecule has 22 heteroatoms. The Morgan fingerprint density at radius 2 is 1.08 bits per heavy atom. The zero-order valence-electron chi connectivity index (χ0n) is 67.2. The number of benzene rings is 9. The van der Waals surface area contributed by atoms with Crippen molar-refractivity contribution in [1.29, 1.82) is 0 Å². The van der Waals surface area contributed by atoms with Gasteiger partial charge in [-0.3, -0.25) is 39.0 Å². The second-order valence-corrected chi connectivity index (χ2v) is 31.6. The lowest BCUT2D eigenvalue weighted by atomic mass is 10.00. The van der Waals surface area contributed by atoms with E-state index in [1.165, 1.54) is 50.1 Å². The van der Waals surface area contributed by atoms with Gasteiger partial charge >= 0.3 is 0 Å². The summed E-state index contributed by atoms with van der Waals surface area (Å²) in [5.41, 5.74) is 19.7. The van der Waals surface area contributed by atoms with Crippen molar-refractivity contribution < 1.29 is 49.0 Å². The van der Waals surface area contributed by atoms with E-state index in [4.69, 9.17) is 14.2 Å². The third-order valence-corrected chi connectivity index (χ3v) is 22.6. The number of para-hydroxylation sites is 1. The minimum absolute atomic E-state index is 0.0933. The summed E-state index contributed by atoms with van der Waals surface area (Å²) in [4.78, 5) is 58.9. The van der Waals surface area contributed by atoms with Gasteiger partial charge in [0.1, 0.15) is 29.7 Å². The van der Waals surface area contributed by atoms with Gasteiger partial charge in [-0.05, 0) is 167 Å². The minimum Gasteiger partial charge on any atom is -0.491 e. The molecule has 0 spiro atoms. The summed E-state index contributed by atoms with van der Waals surface area (Å²) in [5, 5.41) is 51.9. The molecule has 11 aromatic rings. The Kier molecular flexibility index (Phi) is 28.8. The fourth-order valence-electron chi connectivity index (χ4n) is 16.3. The molecule has 9 aromatic carbocycles. The normalized spacial score (nSPS) is 16.7. The predicted octanol–water partition coefficient (Wildman–Crippen LogP) is 10.6. The maximum Gasteiger partial charge on any atom is 0.258 e. The summed E-state index contributed by atoms with van der Waals surface area (Å²) >= 11 is 0. The van der Waals surface area contributed by atoms with Crippen LogP contribution in [-0.2, 0) is 73.4 Å². The van der Waals surface area contributed by atoms with Crippen LogP contribution in [0.3, 0.4) is 0 Å². The maximum absolute atomic E-state index is 12.6. The molecule has 0 bridgehead atoms. The average molecular weight is 1580 g/mol. The second-order valence-electron chi connectivity index (χ2n) is 31.6. The van der Waals surface area contributed by atoms with Crippen molar-refractivity contribution in [1.82, 2.24) is 49.7 Å². The van der Waals surface area contributed by atoms with Crippen LogP contribution >= 0.6 is 0 Å². The summed E-state index contributed by atoms with van der Waals surface area (Å²) in [7, 11) is 2.00. The molecule has 17 rings (SSSR count). The summed E-state index contributed by atoms with van der Waals surface area (Å²) in [6.45, 7) is 15.9. The molecular formula is C95H110N12O10. The number of ether oxygens (including phenoxy) is 3. The van der Waals surface area contributed by atoms with E-state index >= 15 is 0 Å². The van der Waals surface area contributed by atoms with Gasteiger partial charge in [0.15, 0.2) is 6.61 Å². The van der Waals surface area contributed by atoms with E-state index in [9.17, 15) is 34.8 Å². The summed E-state index contributed by atoms with van der Waals surface area (Å²) in [6.07, 6.45) is 6.28. The van der Waals surface area contributed by atoms with E-state index in [0.717, 1.165) is 154 Å². The van der Waals surface area contributed by atoms with Gasteiger partial charge in [0.2, 0.25) is 5.91 Å². The number of pyridine rings is 1. The van der Waals surface area contributed by atoms with Crippen molar-refractivity contribution in [3.05, 3.63) is 287 Å². The lowest BCUT2D eigenvalue weighted by Crippen LogP contribution is -2.53. The summed E-state index contributed by atoms with van der Waals surface area (Å²) in [5.74, 6) is 1.01. The van der Waals surface area contributed by atoms with Crippen LogP contribution in [0.4, 0.5) is 11.4 Å². The van der Waals surface area contributed by atoms with Crippen LogP contribution in [0.1, 0.15) is 73.3 Å². The Hall–Kier alpha value is -10.9. The first-order valence-corrected chi connectivity index (χ1v) is 41.2. The number of carbonyl (C=O) groups is 3. The number of β-amino-alcohol motifs (C(OH)–C–C–N with tert-alkyl or cyclic N) is 4. The van der Waals surface area contributed by atoms with Crippen molar-refractivity contribution in [3.8, 4) is 22.6 Å². The molecule has 4 unspecified atom stereocenters. The zero-order valence-corrected chi connectivity index (χ0v) is 67.2. The third kappa shape index (κ3) is 23.5. The van der Waals surface area contributed by atoms with E-state index in [1.54, 1.807) is 18.3 Å². The van der Waals surface area contributed by atoms with Gasteiger partial charge in [-0.15, -0.1) is 0 Å². The predicted molar refractivity (Wildman–Crippen MR) is 459 cm³/mol. The van der Waals surface area contributed by atoms with Gasteiger partial charge in [0.25, 0.3) is 11.8 Å². The molecule has 2 aromatic heterocycles. The number of nitrogens with zero attached hydrogens (tertiary/aromatic N) is 9. The van der Waals surface area contributed by atoms with Crippen LogP contribution in [-0.4, -0.2) is 219 Å². The van der Waals surface area contributed by atoms with Gasteiger partial charge in [-0.1, -0.05) is 152 Å². The topological polar surface area (TPSA) is 246 Å². The molecule has 3 amide bonds. The van der Waals surface area contributed by atoms with Crippen LogP contribution in [0.2, 0.25) is 0 Å². The van der Waals surface area contributed by atoms with Crippen LogP contribution in [0.25, 0.3) is 33.1 Å². The number of carbonyl (C=O) groups excluding carboxylic acids is 3. The Labute approximate surface area is 686 Å². The molecule has 610 valence electrons. The number of imidazole rings is 1. The largest absolute Gasteiger partial charge is 0.491 e. The molecule has 0 saturated carbocycles. The van der Waals surface area contributed by atoms with Crippen molar-refractivity contribution in [2.24, 2.45) is 7.05 Å². The average Bonchev–Trinajstić information content (AvgIpc) is 1.75. The van der Waals surface area contributed by atoms with Gasteiger partial charge in [0.05, 0.1) is 42.2 Å². The van der Waals surface area contributed by atoms with E-state index in [0.29, 0.717) is 63.2 Å². The molecule has 117 heavy (non-hydrogen) atoms. The molecule has 6 aliphatic rings. The number of fused-ring (bicyclic) bond motifs is 6. The van der Waals surface area contributed by atoms with Crippen LogP contribution in [0.5, 0.6) is 11.5 Å². The van der Waals surface area contributed by atoms with Crippen molar-refractivity contribution in [2.45, 2.75) is 102 Å². The highest BCUT2D eigenvalue weighted by atomic mass is 16.5. The van der Waals surface area contributed by atoms with Gasteiger partial charge in [0, 0.05) is 166 Å². The van der Waals surface area contributed by atoms with Gasteiger partial charge < -0.3 is 65.0 Å². The number of aliphatic hydroxyl groups is 4. The van der Waals surface area contributed by atoms with Gasteiger partial charge in [-0.25, -0.2) is 4.98 Å². The molecule has 8 heterocycles. The maximum atomic E-state index is 12.6. The van der Waals surface area contributed by atoms with E-state index in [-0.39, 0.29) is 44.0 Å². The van der Waals surface area contributed by atoms with E-state index in [1.807, 2.05) is 108 Å². The number of nitrogens with one attached hydrogen (secondary N) is 3. The molecule has 7 N–H and O–H groups in total. The van der Waals surface area contributed by atoms with Gasteiger partial charge in [-0.2, -0.15) is 0 Å². The van der Waals surface area contributed by atoms with Crippen molar-refractivity contribution in [3.63, 3.8) is 0 Å². The second kappa shape index (κ2) is 40.8. The van der Waals surface area contributed by atoms with E-state index < -0.39 is 24.4 Å². The Morgan fingerprint density at radius 1 is 0.513 bits per heavy atom. The monoisotopic (exact) mass is 1580 g/mol. The lowest BCUT2D eigenvalue weighted by molar-refractivity contribution is -0.132. The smallest absolute Gasteiger partial charge is 0.258 e. The minimum atomic E-state index is -0.627. The molecule has 4 atom stereocenters. The van der Waals surface area contributed by atoms with Crippen molar-refractivity contribution in [2.75, 3.05) is 122 Å². The highest BCUT2D eigenvalue weighted by Gasteiger charge is 2.29. The number of aliphatic hydroxyl groups excluding tert-OH is 4. The van der Waals surface area contributed by atoms with E-state index in [2.05, 4.69) is 179 Å². The standard InChI is InChI=1S/C26H27N3O2.C24H31N3O3.C23H29N3O2.C22H23N3O3/c1-28-18-27-25-10-9-21(14-26(25)28)20-7-4-8-24(13-20)31-17-23(30)16-29-12-11-19-5-2-3-6-22(19)15-29;28-23(17-27-11-8-18-4-1-2-5-20(18)16-27)15-25-24(29)19-6-3-7-22(14-19)26-21-9-12-30-13-10-21;1-18-5-4-8-21(13-18)25-11-12-26(23(28)17-25)16-22(27)15-24-10-9-19-6-2-3-7-20(19)14-24;26-19(14-25-12-17-5-1-2-6-18(17)13-25)11-24-21(27)15-28-20-9-3-7-16-8-4-10-23-22(16)20/h2-10,13-14,18,23,30H,11-12,15-17H2,1H3;1-7,14,21,23,26,28H,8-13,15-17H2,(H,25,29);2-8,13,22,27H,9-12,14-17H2,1H3;1-10,19,26H,11-15H2,(H,24,27). The fourth-order valence-corrected chi connectivity index (χ4v) is 16.3. The highest BCUT2D eigenvalue weighted by Crippen LogP contribution is 2.30. The quantitative estimate of drug-likeness (QED) is 0.0281. The van der Waals surface area contributed by atoms with Crippen LogP contribution < -0.4 is 30.3 Å². The SMILES string of the molecule is Cc1cccc(N2CCN(CC(O)CN3CCc4ccccc4C3)C(=O)C2)c1.Cn1cnc2ccc(-c3cccc(OCC(O)CN4CCc5ccccc5C4)c3)cc21.O=C(COc1cccc2cccnc12)NCC(O)CN1Cc2ccccc2C1.O=C(NCC(O)CN1CCc2ccccc2C1)c1cccc(NC2CCOCC2)c1. The Bertz CT molecular complexity index is 5080. The zero-order chi connectivity index (χ0) is 80.8. The number of piperazine rings is 1. The molecule has 2 fully saturated rings. The molecule has 0 aliphatic carbocycles. The molecule has 6 aliphatic heterocycles. The summed E-state index contributed by atoms with van der Waals surface area (Å²) < 4.78 is 19.0. The third-order valence-electron chi connectivity index (χ3n) is 22.6. The lowest BCUT2D eigenvalue weighted by Gasteiger charge is -2.37. The molecule has 2 saturated heterocycles. The number of aromatic nitrogens is 3. The number of rotatable bonds is 25. The molecular weight excluding hydrogens is 1470 g/mol. The number of hydrogen-bond acceptors (Lipinski definition) is 18. The highest BCUT2D eigenvalue weighted by molar-refractivity contribution is 5.95. The van der Waals surface area contributed by atoms with Crippen LogP contribution in [0.15, 0.2) is 231 Å². The number of anilines is 2. The first kappa shape index (κ1) is 82.6. The first-order valence-electron chi connectivity index (χ1n) is 41.2. The number of hydrogen-bond donors (Lipinski definition) is 7. The van der Waals surface area contributed by atoms with Crippen molar-refractivity contribution >= 4 is 51.0 Å².